The van der Waals surface area contributed by atoms with E-state index in [2.05, 4.69) is 26.7 Å². The number of hydrogen-bond acceptors (Lipinski definition) is 7. The van der Waals surface area contributed by atoms with Crippen LogP contribution in [0.15, 0.2) is 12.3 Å². The molecule has 2 aromatic heterocycles. The molecule has 0 aromatic carbocycles. The van der Waals surface area contributed by atoms with Crippen LogP contribution in [0.2, 0.25) is 0 Å². The minimum Gasteiger partial charge on any atom is -0.481 e. The van der Waals surface area contributed by atoms with Gasteiger partial charge in [-0.05, 0) is 31.1 Å². The second kappa shape index (κ2) is 6.02. The summed E-state index contributed by atoms with van der Waals surface area (Å²) in [4.78, 5) is 40.1. The second-order valence-corrected chi connectivity index (χ2v) is 8.06. The number of aliphatic carboxylic acids is 1. The highest BCUT2D eigenvalue weighted by Gasteiger charge is 2.56. The first kappa shape index (κ1) is 17.2. The van der Waals surface area contributed by atoms with E-state index in [4.69, 9.17) is 10.1 Å². The monoisotopic (exact) mass is 383 g/mol. The number of carboxylic acids is 2. The Morgan fingerprint density at radius 2 is 1.96 bits per heavy atom. The van der Waals surface area contributed by atoms with E-state index in [9.17, 15) is 14.7 Å². The van der Waals surface area contributed by atoms with Crippen molar-refractivity contribution in [3.8, 4) is 0 Å². The number of rotatable bonds is 5. The molecule has 0 amide bonds. The summed E-state index contributed by atoms with van der Waals surface area (Å²) in [5.41, 5.74) is 1.06. The zero-order chi connectivity index (χ0) is 19.6. The van der Waals surface area contributed by atoms with Crippen molar-refractivity contribution in [3.05, 3.63) is 18.0 Å². The normalized spacial score (nSPS) is 28.2. The average Bonchev–Trinajstić information content (AvgIpc) is 3.08. The molecule has 28 heavy (non-hydrogen) atoms. The summed E-state index contributed by atoms with van der Waals surface area (Å²) in [6.07, 6.45) is 2.60. The summed E-state index contributed by atoms with van der Waals surface area (Å²) < 4.78 is 0. The largest absolute Gasteiger partial charge is 0.481 e. The summed E-state index contributed by atoms with van der Waals surface area (Å²) in [5.74, 6) is 0.735. The standard InChI is InChI=1S/C19H21N5O4/c1-9-2-3-24(9)18-17-13(21-14(6-20-17)19(27)28)5-15(22-18)23-7-11-10(4-16(25)26)12(11)8-23/h5-6,9-12H,2-4,7-8H2,1H3,(H,25,26)(H,27,28)/t9-,10?,11-,12+/m0/s1. The topological polar surface area (TPSA) is 120 Å². The van der Waals surface area contributed by atoms with Crippen molar-refractivity contribution in [2.24, 2.45) is 17.8 Å². The van der Waals surface area contributed by atoms with Gasteiger partial charge in [-0.25, -0.2) is 19.7 Å². The van der Waals surface area contributed by atoms with Crippen LogP contribution in [-0.4, -0.2) is 62.8 Å². The lowest BCUT2D eigenvalue weighted by Crippen LogP contribution is -2.46. The third kappa shape index (κ3) is 2.64. The zero-order valence-corrected chi connectivity index (χ0v) is 15.4. The first-order valence-electron chi connectivity index (χ1n) is 9.57. The van der Waals surface area contributed by atoms with E-state index in [0.29, 0.717) is 28.9 Å². The van der Waals surface area contributed by atoms with Gasteiger partial charge in [0, 0.05) is 38.2 Å². The van der Waals surface area contributed by atoms with E-state index in [1.165, 1.54) is 6.20 Å². The number of piperidine rings is 1. The highest BCUT2D eigenvalue weighted by Crippen LogP contribution is 2.54. The van der Waals surface area contributed by atoms with E-state index in [-0.39, 0.29) is 18.0 Å². The molecule has 1 saturated carbocycles. The lowest BCUT2D eigenvalue weighted by molar-refractivity contribution is -0.137. The Morgan fingerprint density at radius 1 is 1.21 bits per heavy atom. The molecule has 3 fully saturated rings. The van der Waals surface area contributed by atoms with E-state index >= 15 is 0 Å². The number of pyridine rings is 1. The van der Waals surface area contributed by atoms with Crippen molar-refractivity contribution >= 4 is 34.6 Å². The molecule has 0 spiro atoms. The molecule has 9 heteroatoms. The third-order valence-electron chi connectivity index (χ3n) is 6.41. The quantitative estimate of drug-likeness (QED) is 0.791. The van der Waals surface area contributed by atoms with Gasteiger partial charge in [0.15, 0.2) is 11.5 Å². The second-order valence-electron chi connectivity index (χ2n) is 8.06. The van der Waals surface area contributed by atoms with Crippen LogP contribution < -0.4 is 9.80 Å². The molecule has 4 atom stereocenters. The van der Waals surface area contributed by atoms with Crippen LogP contribution >= 0.6 is 0 Å². The fraction of sp³-hybridized carbons (Fsp3) is 0.526. The molecule has 1 unspecified atom stereocenters. The number of aromatic nitrogens is 3. The van der Waals surface area contributed by atoms with Crippen LogP contribution in [0.5, 0.6) is 0 Å². The third-order valence-corrected chi connectivity index (χ3v) is 6.41. The van der Waals surface area contributed by atoms with E-state index in [1.807, 2.05) is 0 Å². The fourth-order valence-electron chi connectivity index (χ4n) is 4.63. The van der Waals surface area contributed by atoms with Gasteiger partial charge in [0.05, 0.1) is 11.7 Å². The first-order chi connectivity index (χ1) is 13.4. The molecule has 1 aliphatic carbocycles. The Hall–Kier alpha value is -2.97. The van der Waals surface area contributed by atoms with Gasteiger partial charge in [-0.1, -0.05) is 0 Å². The highest BCUT2D eigenvalue weighted by atomic mass is 16.4. The van der Waals surface area contributed by atoms with Gasteiger partial charge in [-0.2, -0.15) is 0 Å². The van der Waals surface area contributed by atoms with Gasteiger partial charge in [-0.15, -0.1) is 0 Å². The molecule has 146 valence electrons. The predicted octanol–water partition coefficient (Wildman–Crippen LogP) is 1.48. The van der Waals surface area contributed by atoms with Crippen molar-refractivity contribution in [1.82, 2.24) is 15.0 Å². The Balaban J connectivity index is 1.49. The molecule has 0 bridgehead atoms. The minimum atomic E-state index is -1.11. The van der Waals surface area contributed by atoms with Crippen molar-refractivity contribution in [2.45, 2.75) is 25.8 Å². The van der Waals surface area contributed by atoms with Gasteiger partial charge in [0.1, 0.15) is 11.3 Å². The zero-order valence-electron chi connectivity index (χ0n) is 15.4. The van der Waals surface area contributed by atoms with Crippen molar-refractivity contribution in [3.63, 3.8) is 0 Å². The molecular formula is C19H21N5O4. The van der Waals surface area contributed by atoms with Crippen molar-refractivity contribution in [2.75, 3.05) is 29.4 Å². The van der Waals surface area contributed by atoms with Crippen LogP contribution in [0.1, 0.15) is 30.3 Å². The van der Waals surface area contributed by atoms with Crippen LogP contribution in [0.3, 0.4) is 0 Å². The fourth-order valence-corrected chi connectivity index (χ4v) is 4.63. The van der Waals surface area contributed by atoms with Crippen LogP contribution in [-0.2, 0) is 4.79 Å². The molecule has 9 nitrogen and oxygen atoms in total. The Bertz CT molecular complexity index is 984. The molecular weight excluding hydrogens is 362 g/mol. The number of carbonyl (C=O) groups is 2. The van der Waals surface area contributed by atoms with E-state index in [1.54, 1.807) is 6.07 Å². The molecule has 2 N–H and O–H groups in total. The summed E-state index contributed by atoms with van der Waals surface area (Å²) in [6.45, 7) is 4.58. The number of hydrogen-bond donors (Lipinski definition) is 2. The smallest absolute Gasteiger partial charge is 0.356 e. The van der Waals surface area contributed by atoms with Gasteiger partial charge in [0.25, 0.3) is 0 Å². The molecule has 2 aromatic rings. The number of carboxylic acid groups (broad SMARTS) is 2. The molecule has 3 aliphatic rings. The maximum Gasteiger partial charge on any atom is 0.356 e. The summed E-state index contributed by atoms with van der Waals surface area (Å²) in [5, 5.41) is 18.3. The van der Waals surface area contributed by atoms with Crippen molar-refractivity contribution in [1.29, 1.82) is 0 Å². The molecule has 5 rings (SSSR count). The Morgan fingerprint density at radius 3 is 2.54 bits per heavy atom. The number of anilines is 2. The lowest BCUT2D eigenvalue weighted by atomic mass is 10.1. The van der Waals surface area contributed by atoms with Gasteiger partial charge in [0.2, 0.25) is 0 Å². The van der Waals surface area contributed by atoms with E-state index in [0.717, 1.165) is 37.7 Å². The SMILES string of the molecule is C[C@H]1CCN1c1nc(N2C[C@@H]3C(CC(=O)O)[C@@H]3C2)cc2nc(C(=O)O)cnc12. The van der Waals surface area contributed by atoms with Gasteiger partial charge >= 0.3 is 11.9 Å². The van der Waals surface area contributed by atoms with Crippen LogP contribution in [0.25, 0.3) is 11.0 Å². The molecule has 4 heterocycles. The van der Waals surface area contributed by atoms with Crippen molar-refractivity contribution < 1.29 is 19.8 Å². The molecule has 2 aliphatic heterocycles. The predicted molar refractivity (Wildman–Crippen MR) is 101 cm³/mol. The number of nitrogens with zero attached hydrogens (tertiary/aromatic N) is 5. The number of aromatic carboxylic acids is 1. The average molecular weight is 383 g/mol. The first-order valence-corrected chi connectivity index (χ1v) is 9.57. The Labute approximate surface area is 161 Å². The summed E-state index contributed by atoms with van der Waals surface area (Å²) in [6, 6.07) is 2.17. The van der Waals surface area contributed by atoms with Crippen LogP contribution in [0, 0.1) is 17.8 Å². The number of fused-ring (bicyclic) bond motifs is 2. The highest BCUT2D eigenvalue weighted by molar-refractivity contribution is 5.92. The maximum atomic E-state index is 11.3. The maximum absolute atomic E-state index is 11.3. The van der Waals surface area contributed by atoms with E-state index < -0.39 is 11.9 Å². The van der Waals surface area contributed by atoms with Crippen LogP contribution in [0.4, 0.5) is 11.6 Å². The summed E-state index contributed by atoms with van der Waals surface area (Å²) in [7, 11) is 0. The molecule has 0 radical (unpaired) electrons. The minimum absolute atomic E-state index is 0.0851. The molecule has 2 saturated heterocycles. The lowest BCUT2D eigenvalue weighted by Gasteiger charge is -2.40. The Kier molecular flexibility index (Phi) is 3.68. The van der Waals surface area contributed by atoms with Gasteiger partial charge < -0.3 is 20.0 Å². The summed E-state index contributed by atoms with van der Waals surface area (Å²) >= 11 is 0. The van der Waals surface area contributed by atoms with Gasteiger partial charge in [-0.3, -0.25) is 4.79 Å².